The molecule has 1 saturated carbocycles. The Hall–Kier alpha value is -1.25. The highest BCUT2D eigenvalue weighted by molar-refractivity contribution is 7.89. The number of nitro groups is 1. The van der Waals surface area contributed by atoms with Crippen LogP contribution in [0.15, 0.2) is 17.2 Å². The van der Waals surface area contributed by atoms with E-state index in [1.54, 1.807) is 0 Å². The summed E-state index contributed by atoms with van der Waals surface area (Å²) in [6.07, 6.45) is 2.42. The Morgan fingerprint density at radius 3 is 2.68 bits per heavy atom. The Balaban J connectivity index is 2.29. The van der Waals surface area contributed by atoms with Gasteiger partial charge in [0.1, 0.15) is 16.2 Å². The third kappa shape index (κ3) is 3.02. The third-order valence-electron chi connectivity index (χ3n) is 2.99. The van der Waals surface area contributed by atoms with Crippen molar-refractivity contribution in [3.63, 3.8) is 0 Å². The first-order chi connectivity index (χ1) is 8.79. The molecule has 0 saturated heterocycles. The number of rotatable bonds is 4. The molecule has 104 valence electrons. The lowest BCUT2D eigenvalue weighted by Crippen LogP contribution is -2.43. The van der Waals surface area contributed by atoms with Crippen LogP contribution >= 0.6 is 11.6 Å². The second-order valence-corrected chi connectivity index (χ2v) is 6.67. The monoisotopic (exact) mass is 305 g/mol. The fourth-order valence-corrected chi connectivity index (χ4v) is 3.70. The van der Waals surface area contributed by atoms with Gasteiger partial charge in [0, 0.05) is 12.1 Å². The molecule has 19 heavy (non-hydrogen) atoms. The third-order valence-corrected chi connectivity index (χ3v) is 4.94. The first-order valence-corrected chi connectivity index (χ1v) is 7.48. The van der Waals surface area contributed by atoms with Gasteiger partial charge in [-0.2, -0.15) is 0 Å². The van der Waals surface area contributed by atoms with Gasteiger partial charge in [0.2, 0.25) is 10.0 Å². The van der Waals surface area contributed by atoms with Crippen LogP contribution in [0, 0.1) is 16.0 Å². The zero-order valence-corrected chi connectivity index (χ0v) is 11.6. The molecule has 7 nitrogen and oxygen atoms in total. The molecule has 1 aliphatic carbocycles. The molecule has 9 heteroatoms. The first kappa shape index (κ1) is 14.2. The molecule has 0 aliphatic heterocycles. The van der Waals surface area contributed by atoms with Crippen LogP contribution in [-0.2, 0) is 10.0 Å². The van der Waals surface area contributed by atoms with E-state index in [9.17, 15) is 18.5 Å². The number of hydrogen-bond donors (Lipinski definition) is 1. The molecule has 1 heterocycles. The average Bonchev–Trinajstić information content (AvgIpc) is 2.26. The summed E-state index contributed by atoms with van der Waals surface area (Å²) >= 11 is 5.71. The smallest absolute Gasteiger partial charge is 0.258 e. The zero-order valence-electron chi connectivity index (χ0n) is 10.0. The molecule has 0 amide bonds. The van der Waals surface area contributed by atoms with Crippen molar-refractivity contribution in [2.75, 3.05) is 0 Å². The number of nitrogens with one attached hydrogen (secondary N) is 1. The summed E-state index contributed by atoms with van der Waals surface area (Å²) in [5, 5.41) is 10.4. The summed E-state index contributed by atoms with van der Waals surface area (Å²) in [7, 11) is -3.88. The maximum absolute atomic E-state index is 12.1. The van der Waals surface area contributed by atoms with Gasteiger partial charge in [-0.15, -0.1) is 0 Å². The second-order valence-electron chi connectivity index (χ2n) is 4.63. The molecule has 0 unspecified atom stereocenters. The maximum atomic E-state index is 12.1. The molecule has 1 N–H and O–H groups in total. The minimum absolute atomic E-state index is 0.143. The fourth-order valence-electron chi connectivity index (χ4n) is 1.99. The van der Waals surface area contributed by atoms with Crippen LogP contribution in [0.3, 0.4) is 0 Å². The predicted octanol–water partition coefficient (Wildman–Crippen LogP) is 1.72. The topological polar surface area (TPSA) is 102 Å². The number of hydrogen-bond acceptors (Lipinski definition) is 5. The summed E-state index contributed by atoms with van der Waals surface area (Å²) in [4.78, 5) is 13.1. The summed E-state index contributed by atoms with van der Waals surface area (Å²) in [5.74, 6) is 0.478. The first-order valence-electron chi connectivity index (χ1n) is 5.62. The highest BCUT2D eigenvalue weighted by Crippen LogP contribution is 2.29. The number of pyridine rings is 1. The van der Waals surface area contributed by atoms with Crippen molar-refractivity contribution < 1.29 is 13.3 Å². The van der Waals surface area contributed by atoms with Gasteiger partial charge < -0.3 is 0 Å². The van der Waals surface area contributed by atoms with E-state index >= 15 is 0 Å². The maximum Gasteiger partial charge on any atom is 0.289 e. The minimum Gasteiger partial charge on any atom is -0.258 e. The van der Waals surface area contributed by atoms with Crippen LogP contribution in [0.4, 0.5) is 5.69 Å². The fraction of sp³-hybridized carbons (Fsp3) is 0.500. The highest BCUT2D eigenvalue weighted by atomic mass is 35.5. The van der Waals surface area contributed by atoms with E-state index in [2.05, 4.69) is 9.71 Å². The number of nitrogens with zero attached hydrogens (tertiary/aromatic N) is 2. The molecule has 1 aromatic rings. The van der Waals surface area contributed by atoms with E-state index < -0.39 is 20.6 Å². The Kier molecular flexibility index (Phi) is 3.75. The molecule has 0 aromatic carbocycles. The molecule has 0 radical (unpaired) electrons. The molecule has 0 bridgehead atoms. The van der Waals surface area contributed by atoms with Gasteiger partial charge in [0.05, 0.1) is 4.92 Å². The van der Waals surface area contributed by atoms with Crippen LogP contribution in [0.25, 0.3) is 0 Å². The lowest BCUT2D eigenvalue weighted by atomic mass is 9.83. The van der Waals surface area contributed by atoms with Crippen LogP contribution in [0.2, 0.25) is 5.15 Å². The second kappa shape index (κ2) is 5.03. The Morgan fingerprint density at radius 1 is 1.53 bits per heavy atom. The minimum atomic E-state index is -3.88. The molecular weight excluding hydrogens is 294 g/mol. The lowest BCUT2D eigenvalue weighted by Gasteiger charge is -2.32. The van der Waals surface area contributed by atoms with Crippen molar-refractivity contribution in [2.24, 2.45) is 5.92 Å². The van der Waals surface area contributed by atoms with Gasteiger partial charge in [0.25, 0.3) is 5.69 Å². The lowest BCUT2D eigenvalue weighted by molar-refractivity contribution is -0.385. The van der Waals surface area contributed by atoms with Crippen LogP contribution in [0.1, 0.15) is 19.8 Å². The van der Waals surface area contributed by atoms with Crippen molar-refractivity contribution in [1.29, 1.82) is 0 Å². The quantitative estimate of drug-likeness (QED) is 0.518. The van der Waals surface area contributed by atoms with Crippen molar-refractivity contribution in [3.05, 3.63) is 27.5 Å². The number of sulfonamides is 1. The SMILES string of the molecule is CC1CC(NS(=O)(=O)c2cc([N+](=O)[O-])cnc2Cl)C1. The molecule has 0 atom stereocenters. The number of halogens is 1. The number of aromatic nitrogens is 1. The van der Waals surface area contributed by atoms with Crippen molar-refractivity contribution >= 4 is 27.3 Å². The van der Waals surface area contributed by atoms with Gasteiger partial charge in [-0.05, 0) is 18.8 Å². The van der Waals surface area contributed by atoms with Gasteiger partial charge in [0.15, 0.2) is 0 Å². The molecule has 2 rings (SSSR count). The van der Waals surface area contributed by atoms with Gasteiger partial charge >= 0.3 is 0 Å². The highest BCUT2D eigenvalue weighted by Gasteiger charge is 2.31. The van der Waals surface area contributed by atoms with E-state index in [4.69, 9.17) is 11.6 Å². The molecule has 1 aliphatic rings. The standard InChI is InChI=1S/C10H12ClN3O4S/c1-6-2-7(3-6)13-19(17,18)9-4-8(14(15)16)5-12-10(9)11/h4-7,13H,2-3H2,1H3. The largest absolute Gasteiger partial charge is 0.289 e. The van der Waals surface area contributed by atoms with E-state index in [1.807, 2.05) is 6.92 Å². The Bertz CT molecular complexity index is 613. The van der Waals surface area contributed by atoms with Crippen LogP contribution in [0.5, 0.6) is 0 Å². The molecule has 0 spiro atoms. The molecular formula is C10H12ClN3O4S. The van der Waals surface area contributed by atoms with E-state index in [-0.39, 0.29) is 16.1 Å². The summed E-state index contributed by atoms with van der Waals surface area (Å²) in [6, 6.07) is 0.773. The van der Waals surface area contributed by atoms with Crippen molar-refractivity contribution in [2.45, 2.75) is 30.7 Å². The average molecular weight is 306 g/mol. The van der Waals surface area contributed by atoms with Gasteiger partial charge in [-0.1, -0.05) is 18.5 Å². The van der Waals surface area contributed by atoms with Crippen molar-refractivity contribution in [1.82, 2.24) is 9.71 Å². The van der Waals surface area contributed by atoms with Gasteiger partial charge in [-0.3, -0.25) is 10.1 Å². The predicted molar refractivity (Wildman–Crippen MR) is 68.4 cm³/mol. The van der Waals surface area contributed by atoms with E-state index in [1.165, 1.54) is 0 Å². The summed E-state index contributed by atoms with van der Waals surface area (Å²) < 4.78 is 26.6. The summed E-state index contributed by atoms with van der Waals surface area (Å²) in [5.41, 5.74) is -0.410. The van der Waals surface area contributed by atoms with E-state index in [0.29, 0.717) is 5.92 Å². The summed E-state index contributed by atoms with van der Waals surface area (Å²) in [6.45, 7) is 2.02. The Morgan fingerprint density at radius 2 is 2.16 bits per heavy atom. The van der Waals surface area contributed by atoms with Crippen molar-refractivity contribution in [3.8, 4) is 0 Å². The van der Waals surface area contributed by atoms with Crippen LogP contribution < -0.4 is 4.72 Å². The van der Waals surface area contributed by atoms with E-state index in [0.717, 1.165) is 25.1 Å². The van der Waals surface area contributed by atoms with Gasteiger partial charge in [-0.25, -0.2) is 18.1 Å². The molecule has 1 fully saturated rings. The molecule has 1 aromatic heterocycles. The Labute approximate surface area is 115 Å². The van der Waals surface area contributed by atoms with Crippen LogP contribution in [-0.4, -0.2) is 24.4 Å². The zero-order chi connectivity index (χ0) is 14.2. The normalized spacial score (nSPS) is 22.8.